The largest absolute Gasteiger partial charge is 0.354 e. The average Bonchev–Trinajstić information content (AvgIpc) is 2.57. The van der Waals surface area contributed by atoms with Gasteiger partial charge < -0.3 is 10.6 Å². The number of aromatic nitrogens is 1. The normalized spacial score (nSPS) is 10.4. The molecule has 4 nitrogen and oxygen atoms in total. The zero-order chi connectivity index (χ0) is 16.7. The molecule has 0 saturated carbocycles. The highest BCUT2D eigenvalue weighted by molar-refractivity contribution is 5.94. The molecular formula is C19H25N3O. The minimum Gasteiger partial charge on any atom is -0.354 e. The predicted molar refractivity (Wildman–Crippen MR) is 95.3 cm³/mol. The van der Waals surface area contributed by atoms with Crippen LogP contribution in [0.1, 0.15) is 48.2 Å². The second-order valence-electron chi connectivity index (χ2n) is 5.66. The SMILES string of the molecule is CCCCNC(=O)c1cncc(Nc2c(C)cccc2CC)c1. The number of hydrogen-bond acceptors (Lipinski definition) is 3. The van der Waals surface area contributed by atoms with Gasteiger partial charge in [0, 0.05) is 18.4 Å². The summed E-state index contributed by atoms with van der Waals surface area (Å²) in [6, 6.07) is 8.11. The Morgan fingerprint density at radius 1 is 1.22 bits per heavy atom. The number of para-hydroxylation sites is 1. The molecular weight excluding hydrogens is 286 g/mol. The lowest BCUT2D eigenvalue weighted by atomic mass is 10.1. The van der Waals surface area contributed by atoms with Crippen LogP contribution in [-0.4, -0.2) is 17.4 Å². The number of carbonyl (C=O) groups is 1. The minimum absolute atomic E-state index is 0.0740. The Kier molecular flexibility index (Phi) is 6.15. The molecule has 0 aliphatic rings. The summed E-state index contributed by atoms with van der Waals surface area (Å²) in [6.45, 7) is 7.02. The van der Waals surface area contributed by atoms with Gasteiger partial charge in [-0.05, 0) is 37.0 Å². The van der Waals surface area contributed by atoms with E-state index in [1.165, 1.54) is 11.1 Å². The fourth-order valence-corrected chi connectivity index (χ4v) is 2.46. The number of pyridine rings is 1. The Morgan fingerprint density at radius 2 is 2.04 bits per heavy atom. The number of nitrogens with zero attached hydrogens (tertiary/aromatic N) is 1. The fraction of sp³-hybridized carbons (Fsp3) is 0.368. The smallest absolute Gasteiger partial charge is 0.252 e. The average molecular weight is 311 g/mol. The van der Waals surface area contributed by atoms with Crippen LogP contribution < -0.4 is 10.6 Å². The van der Waals surface area contributed by atoms with Gasteiger partial charge in [-0.1, -0.05) is 38.5 Å². The van der Waals surface area contributed by atoms with Crippen LogP contribution in [0.5, 0.6) is 0 Å². The lowest BCUT2D eigenvalue weighted by molar-refractivity contribution is 0.0953. The molecule has 1 aromatic heterocycles. The van der Waals surface area contributed by atoms with Crippen molar-refractivity contribution < 1.29 is 4.79 Å². The maximum absolute atomic E-state index is 12.1. The van der Waals surface area contributed by atoms with E-state index in [0.29, 0.717) is 12.1 Å². The number of unbranched alkanes of at least 4 members (excludes halogenated alkanes) is 1. The highest BCUT2D eigenvalue weighted by Gasteiger charge is 2.09. The van der Waals surface area contributed by atoms with Crippen LogP contribution >= 0.6 is 0 Å². The molecule has 2 N–H and O–H groups in total. The van der Waals surface area contributed by atoms with Gasteiger partial charge in [-0.15, -0.1) is 0 Å². The van der Waals surface area contributed by atoms with Gasteiger partial charge in [0.1, 0.15) is 0 Å². The molecule has 1 aromatic carbocycles. The first kappa shape index (κ1) is 17.0. The van der Waals surface area contributed by atoms with Gasteiger partial charge in [-0.2, -0.15) is 0 Å². The Balaban J connectivity index is 2.16. The molecule has 0 unspecified atom stereocenters. The zero-order valence-electron chi connectivity index (χ0n) is 14.1. The zero-order valence-corrected chi connectivity index (χ0v) is 14.1. The number of anilines is 2. The Labute approximate surface area is 138 Å². The highest BCUT2D eigenvalue weighted by atomic mass is 16.1. The Hall–Kier alpha value is -2.36. The van der Waals surface area contributed by atoms with E-state index < -0.39 is 0 Å². The molecule has 0 aliphatic carbocycles. The van der Waals surface area contributed by atoms with Gasteiger partial charge in [-0.25, -0.2) is 0 Å². The van der Waals surface area contributed by atoms with E-state index in [1.807, 2.05) is 6.07 Å². The first-order valence-electron chi connectivity index (χ1n) is 8.24. The van der Waals surface area contributed by atoms with Crippen molar-refractivity contribution in [2.45, 2.75) is 40.0 Å². The van der Waals surface area contributed by atoms with Crippen LogP contribution in [-0.2, 0) is 6.42 Å². The number of nitrogens with one attached hydrogen (secondary N) is 2. The molecule has 2 aromatic rings. The van der Waals surface area contributed by atoms with Crippen molar-refractivity contribution >= 4 is 17.3 Å². The third-order valence-electron chi connectivity index (χ3n) is 3.83. The summed E-state index contributed by atoms with van der Waals surface area (Å²) >= 11 is 0. The molecule has 0 saturated heterocycles. The van der Waals surface area contributed by atoms with Crippen LogP contribution in [0.2, 0.25) is 0 Å². The molecule has 0 radical (unpaired) electrons. The van der Waals surface area contributed by atoms with Crippen LogP contribution in [0.25, 0.3) is 0 Å². The molecule has 1 amide bonds. The maximum atomic E-state index is 12.1. The van der Waals surface area contributed by atoms with Crippen LogP contribution in [0.4, 0.5) is 11.4 Å². The van der Waals surface area contributed by atoms with Crippen molar-refractivity contribution in [3.05, 3.63) is 53.3 Å². The third kappa shape index (κ3) is 4.55. The number of benzene rings is 1. The van der Waals surface area contributed by atoms with Gasteiger partial charge in [0.2, 0.25) is 0 Å². The molecule has 0 fully saturated rings. The van der Waals surface area contributed by atoms with Crippen molar-refractivity contribution in [2.75, 3.05) is 11.9 Å². The number of rotatable bonds is 7. The van der Waals surface area contributed by atoms with Gasteiger partial charge >= 0.3 is 0 Å². The Bertz CT molecular complexity index is 667. The molecule has 0 spiro atoms. The van der Waals surface area contributed by atoms with Crippen molar-refractivity contribution in [2.24, 2.45) is 0 Å². The standard InChI is InChI=1S/C19H25N3O/c1-4-6-10-21-19(23)16-11-17(13-20-12-16)22-18-14(3)8-7-9-15(18)5-2/h7-9,11-13,22H,4-6,10H2,1-3H3,(H,21,23). The molecule has 0 bridgehead atoms. The van der Waals surface area contributed by atoms with Crippen molar-refractivity contribution in [1.82, 2.24) is 10.3 Å². The summed E-state index contributed by atoms with van der Waals surface area (Å²) in [7, 11) is 0. The van der Waals surface area contributed by atoms with Crippen LogP contribution in [0.15, 0.2) is 36.7 Å². The summed E-state index contributed by atoms with van der Waals surface area (Å²) in [6.07, 6.45) is 6.35. The number of amides is 1. The number of carbonyl (C=O) groups excluding carboxylic acids is 1. The Morgan fingerprint density at radius 3 is 2.78 bits per heavy atom. The van der Waals surface area contributed by atoms with Crippen LogP contribution in [0.3, 0.4) is 0 Å². The summed E-state index contributed by atoms with van der Waals surface area (Å²) in [5.41, 5.74) is 4.94. The van der Waals surface area contributed by atoms with E-state index in [-0.39, 0.29) is 5.91 Å². The molecule has 1 heterocycles. The fourth-order valence-electron chi connectivity index (χ4n) is 2.46. The maximum Gasteiger partial charge on any atom is 0.252 e. The van der Waals surface area contributed by atoms with Crippen molar-refractivity contribution in [3.8, 4) is 0 Å². The molecule has 122 valence electrons. The number of hydrogen-bond donors (Lipinski definition) is 2. The topological polar surface area (TPSA) is 54.0 Å². The molecule has 4 heteroatoms. The summed E-state index contributed by atoms with van der Waals surface area (Å²) < 4.78 is 0. The highest BCUT2D eigenvalue weighted by Crippen LogP contribution is 2.25. The summed E-state index contributed by atoms with van der Waals surface area (Å²) in [5, 5.41) is 6.33. The first-order chi connectivity index (χ1) is 11.2. The van der Waals surface area contributed by atoms with Gasteiger partial charge in [0.15, 0.2) is 0 Å². The number of aryl methyl sites for hydroxylation is 2. The summed E-state index contributed by atoms with van der Waals surface area (Å²) in [5.74, 6) is -0.0740. The minimum atomic E-state index is -0.0740. The van der Waals surface area contributed by atoms with Crippen molar-refractivity contribution in [3.63, 3.8) is 0 Å². The molecule has 2 rings (SSSR count). The molecule has 23 heavy (non-hydrogen) atoms. The van der Waals surface area contributed by atoms with E-state index in [4.69, 9.17) is 0 Å². The van der Waals surface area contributed by atoms with Crippen molar-refractivity contribution in [1.29, 1.82) is 0 Å². The van der Waals surface area contributed by atoms with E-state index in [9.17, 15) is 4.79 Å². The summed E-state index contributed by atoms with van der Waals surface area (Å²) in [4.78, 5) is 16.3. The van der Waals surface area contributed by atoms with E-state index in [0.717, 1.165) is 30.6 Å². The lowest BCUT2D eigenvalue weighted by Crippen LogP contribution is -2.24. The van der Waals surface area contributed by atoms with E-state index in [2.05, 4.69) is 54.6 Å². The van der Waals surface area contributed by atoms with E-state index in [1.54, 1.807) is 12.4 Å². The first-order valence-corrected chi connectivity index (χ1v) is 8.24. The third-order valence-corrected chi connectivity index (χ3v) is 3.83. The second-order valence-corrected chi connectivity index (χ2v) is 5.66. The van der Waals surface area contributed by atoms with E-state index >= 15 is 0 Å². The van der Waals surface area contributed by atoms with Gasteiger partial charge in [0.25, 0.3) is 5.91 Å². The van der Waals surface area contributed by atoms with Gasteiger partial charge in [0.05, 0.1) is 17.4 Å². The van der Waals surface area contributed by atoms with Crippen LogP contribution in [0, 0.1) is 6.92 Å². The predicted octanol–water partition coefficient (Wildman–Crippen LogP) is 4.23. The lowest BCUT2D eigenvalue weighted by Gasteiger charge is -2.14. The molecule has 0 aliphatic heterocycles. The quantitative estimate of drug-likeness (QED) is 0.753. The monoisotopic (exact) mass is 311 g/mol. The van der Waals surface area contributed by atoms with Gasteiger partial charge in [-0.3, -0.25) is 9.78 Å². The second kappa shape index (κ2) is 8.32. The molecule has 0 atom stereocenters.